The first-order chi connectivity index (χ1) is 11.7. The van der Waals surface area contributed by atoms with Crippen LogP contribution < -0.4 is 5.32 Å². The number of aliphatic hydroxyl groups is 1. The van der Waals surface area contributed by atoms with Crippen LogP contribution in [0.4, 0.5) is 0 Å². The molecule has 1 aliphatic rings. The van der Waals surface area contributed by atoms with E-state index in [-0.39, 0.29) is 42.3 Å². The van der Waals surface area contributed by atoms with Gasteiger partial charge >= 0.3 is 0 Å². The number of nitrogens with zero attached hydrogens (tertiary/aromatic N) is 1. The van der Waals surface area contributed by atoms with Gasteiger partial charge in [-0.3, -0.25) is 9.59 Å². The Morgan fingerprint density at radius 2 is 2.00 bits per heavy atom. The van der Waals surface area contributed by atoms with Gasteiger partial charge in [0.2, 0.25) is 11.8 Å². The Bertz CT molecular complexity index is 622. The first-order valence-corrected chi connectivity index (χ1v) is 8.96. The van der Waals surface area contributed by atoms with Crippen molar-refractivity contribution < 1.29 is 14.7 Å². The highest BCUT2D eigenvalue weighted by atomic mass is 16.3. The van der Waals surface area contributed by atoms with E-state index >= 15 is 0 Å². The largest absolute Gasteiger partial charge is 0.394 e. The number of benzene rings is 1. The lowest BCUT2D eigenvalue weighted by Crippen LogP contribution is -2.44. The van der Waals surface area contributed by atoms with Gasteiger partial charge < -0.3 is 15.3 Å². The lowest BCUT2D eigenvalue weighted by atomic mass is 9.88. The molecular weight excluding hydrogens is 316 g/mol. The van der Waals surface area contributed by atoms with E-state index in [4.69, 9.17) is 0 Å². The zero-order valence-electron chi connectivity index (χ0n) is 15.7. The molecule has 1 aromatic rings. The van der Waals surface area contributed by atoms with Gasteiger partial charge in [-0.25, -0.2) is 0 Å². The topological polar surface area (TPSA) is 69.6 Å². The summed E-state index contributed by atoms with van der Waals surface area (Å²) in [7, 11) is 0. The molecule has 0 fully saturated rings. The van der Waals surface area contributed by atoms with Crippen molar-refractivity contribution in [2.45, 2.75) is 59.0 Å². The number of nitrogens with one attached hydrogen (secondary N) is 1. The third-order valence-electron chi connectivity index (χ3n) is 4.64. The summed E-state index contributed by atoms with van der Waals surface area (Å²) in [6, 6.07) is 7.50. The Labute approximate surface area is 150 Å². The normalized spacial score (nSPS) is 18.4. The molecule has 2 rings (SSSR count). The molecule has 5 heteroatoms. The maximum absolute atomic E-state index is 12.6. The van der Waals surface area contributed by atoms with Gasteiger partial charge in [0.15, 0.2) is 0 Å². The predicted octanol–water partition coefficient (Wildman–Crippen LogP) is 2.44. The molecule has 2 amide bonds. The molecule has 1 aromatic carbocycles. The van der Waals surface area contributed by atoms with E-state index in [1.54, 1.807) is 11.8 Å². The minimum Gasteiger partial charge on any atom is -0.394 e. The van der Waals surface area contributed by atoms with Crippen LogP contribution in [0, 0.1) is 5.41 Å². The molecule has 1 heterocycles. The smallest absolute Gasteiger partial charge is 0.222 e. The summed E-state index contributed by atoms with van der Waals surface area (Å²) >= 11 is 0. The van der Waals surface area contributed by atoms with Gasteiger partial charge in [-0.15, -0.1) is 0 Å². The van der Waals surface area contributed by atoms with Crippen molar-refractivity contribution in [1.82, 2.24) is 10.2 Å². The fourth-order valence-electron chi connectivity index (χ4n) is 3.61. The zero-order chi connectivity index (χ0) is 18.6. The van der Waals surface area contributed by atoms with E-state index in [0.717, 1.165) is 12.0 Å². The number of rotatable bonds is 5. The van der Waals surface area contributed by atoms with Crippen molar-refractivity contribution in [3.8, 4) is 0 Å². The maximum atomic E-state index is 12.6. The fraction of sp³-hybridized carbons (Fsp3) is 0.600. The number of fused-ring (bicyclic) bond motifs is 1. The third-order valence-corrected chi connectivity index (χ3v) is 4.64. The van der Waals surface area contributed by atoms with Crippen LogP contribution in [0.1, 0.15) is 57.7 Å². The molecule has 2 unspecified atom stereocenters. The Morgan fingerprint density at radius 3 is 2.60 bits per heavy atom. The summed E-state index contributed by atoms with van der Waals surface area (Å²) in [5.41, 5.74) is 2.27. The maximum Gasteiger partial charge on any atom is 0.222 e. The third kappa shape index (κ3) is 5.30. The molecule has 0 aliphatic carbocycles. The highest BCUT2D eigenvalue weighted by Gasteiger charge is 2.31. The number of aliphatic hydroxyl groups excluding tert-OH is 1. The monoisotopic (exact) mass is 346 g/mol. The quantitative estimate of drug-likeness (QED) is 0.860. The van der Waals surface area contributed by atoms with Crippen LogP contribution >= 0.6 is 0 Å². The van der Waals surface area contributed by atoms with Gasteiger partial charge in [-0.05, 0) is 29.4 Å². The number of carbonyl (C=O) groups excluding carboxylic acids is 2. The highest BCUT2D eigenvalue weighted by Crippen LogP contribution is 2.32. The summed E-state index contributed by atoms with van der Waals surface area (Å²) < 4.78 is 0. The van der Waals surface area contributed by atoms with E-state index in [1.165, 1.54) is 5.56 Å². The zero-order valence-corrected chi connectivity index (χ0v) is 15.7. The highest BCUT2D eigenvalue weighted by molar-refractivity contribution is 5.80. The second-order valence-corrected chi connectivity index (χ2v) is 8.09. The molecule has 2 N–H and O–H groups in total. The van der Waals surface area contributed by atoms with E-state index in [0.29, 0.717) is 13.0 Å². The molecule has 0 saturated carbocycles. The number of hydrogen-bond donors (Lipinski definition) is 2. The minimum atomic E-state index is -0.267. The lowest BCUT2D eigenvalue weighted by molar-refractivity contribution is -0.133. The second kappa shape index (κ2) is 8.00. The van der Waals surface area contributed by atoms with Crippen LogP contribution in [0.5, 0.6) is 0 Å². The van der Waals surface area contributed by atoms with Crippen molar-refractivity contribution >= 4 is 11.8 Å². The SMILES string of the molecule is CC(=O)N1CCc2ccccc2C1CC(=O)NC(CO)CC(C)(C)C. The Balaban J connectivity index is 2.12. The van der Waals surface area contributed by atoms with Gasteiger partial charge in [0, 0.05) is 13.5 Å². The minimum absolute atomic E-state index is 0.0132. The predicted molar refractivity (Wildman–Crippen MR) is 98.0 cm³/mol. The van der Waals surface area contributed by atoms with Crippen LogP contribution in [-0.2, 0) is 16.0 Å². The number of carbonyl (C=O) groups is 2. The summed E-state index contributed by atoms with van der Waals surface area (Å²) in [5, 5.41) is 12.5. The van der Waals surface area contributed by atoms with Crippen LogP contribution in [-0.4, -0.2) is 41.0 Å². The molecule has 0 aromatic heterocycles. The summed E-state index contributed by atoms with van der Waals surface area (Å²) in [4.78, 5) is 26.4. The van der Waals surface area contributed by atoms with E-state index < -0.39 is 0 Å². The van der Waals surface area contributed by atoms with Gasteiger partial charge in [0.1, 0.15) is 0 Å². The average molecular weight is 346 g/mol. The molecule has 0 bridgehead atoms. The van der Waals surface area contributed by atoms with E-state index in [9.17, 15) is 14.7 Å². The van der Waals surface area contributed by atoms with Crippen LogP contribution in [0.2, 0.25) is 0 Å². The van der Waals surface area contributed by atoms with Crippen molar-refractivity contribution in [3.63, 3.8) is 0 Å². The van der Waals surface area contributed by atoms with E-state index in [2.05, 4.69) is 32.2 Å². The van der Waals surface area contributed by atoms with Crippen molar-refractivity contribution in [3.05, 3.63) is 35.4 Å². The Kier molecular flexibility index (Phi) is 6.22. The van der Waals surface area contributed by atoms with E-state index in [1.807, 2.05) is 18.2 Å². The van der Waals surface area contributed by atoms with Crippen LogP contribution in [0.15, 0.2) is 24.3 Å². The first kappa shape index (κ1) is 19.4. The Hall–Kier alpha value is -1.88. The van der Waals surface area contributed by atoms with Gasteiger partial charge in [0.05, 0.1) is 25.1 Å². The van der Waals surface area contributed by atoms with Crippen molar-refractivity contribution in [2.24, 2.45) is 5.41 Å². The van der Waals surface area contributed by atoms with Crippen molar-refractivity contribution in [1.29, 1.82) is 0 Å². The summed E-state index contributed by atoms with van der Waals surface area (Å²) in [5.74, 6) is -0.142. The number of hydrogen-bond acceptors (Lipinski definition) is 3. The lowest BCUT2D eigenvalue weighted by Gasteiger charge is -2.37. The molecular formula is C20H30N2O3. The molecule has 5 nitrogen and oxygen atoms in total. The average Bonchev–Trinajstić information content (AvgIpc) is 2.52. The molecule has 138 valence electrons. The molecule has 0 saturated heterocycles. The van der Waals surface area contributed by atoms with Crippen molar-refractivity contribution in [2.75, 3.05) is 13.2 Å². The molecule has 1 aliphatic heterocycles. The Morgan fingerprint density at radius 1 is 1.32 bits per heavy atom. The fourth-order valence-corrected chi connectivity index (χ4v) is 3.61. The molecule has 0 radical (unpaired) electrons. The van der Waals surface area contributed by atoms with Gasteiger partial charge in [0.25, 0.3) is 0 Å². The summed E-state index contributed by atoms with van der Waals surface area (Å²) in [6.45, 7) is 8.34. The molecule has 2 atom stereocenters. The molecule has 25 heavy (non-hydrogen) atoms. The van der Waals surface area contributed by atoms with Crippen LogP contribution in [0.3, 0.4) is 0 Å². The standard InChI is InChI=1S/C20H30N2O3/c1-14(24)22-10-9-15-7-5-6-8-17(15)18(22)11-19(25)21-16(13-23)12-20(2,3)4/h5-8,16,18,23H,9-13H2,1-4H3,(H,21,25). The second-order valence-electron chi connectivity index (χ2n) is 8.09. The van der Waals surface area contributed by atoms with Gasteiger partial charge in [-0.2, -0.15) is 0 Å². The molecule has 0 spiro atoms. The van der Waals surface area contributed by atoms with Gasteiger partial charge in [-0.1, -0.05) is 45.0 Å². The number of amides is 2. The summed E-state index contributed by atoms with van der Waals surface area (Å²) in [6.07, 6.45) is 1.74. The van der Waals surface area contributed by atoms with Crippen LogP contribution in [0.25, 0.3) is 0 Å². The first-order valence-electron chi connectivity index (χ1n) is 8.96.